The molecule has 4 aliphatic carbocycles. The average molecular weight is 419 g/mol. The minimum atomic E-state index is -0.00688. The molecule has 0 aliphatic heterocycles. The molecule has 4 fully saturated rings. The number of rotatable bonds is 5. The third-order valence-corrected chi connectivity index (χ3v) is 11.2. The van der Waals surface area contributed by atoms with Crippen molar-refractivity contribution in [2.24, 2.45) is 52.3 Å². The molecule has 0 spiro atoms. The van der Waals surface area contributed by atoms with Gasteiger partial charge in [-0.3, -0.25) is 0 Å². The molecule has 4 aliphatic rings. The van der Waals surface area contributed by atoms with Crippen LogP contribution in [-0.4, -0.2) is 11.2 Å². The highest BCUT2D eigenvalue weighted by Crippen LogP contribution is 2.67. The maximum atomic E-state index is 10.2. The second-order valence-corrected chi connectivity index (χ2v) is 12.6. The van der Waals surface area contributed by atoms with E-state index in [0.29, 0.717) is 10.8 Å². The van der Waals surface area contributed by atoms with Gasteiger partial charge in [0.25, 0.3) is 0 Å². The van der Waals surface area contributed by atoms with Crippen LogP contribution in [0.3, 0.4) is 0 Å². The van der Waals surface area contributed by atoms with Gasteiger partial charge in [0.05, 0.1) is 6.10 Å². The first kappa shape index (κ1) is 24.6. The van der Waals surface area contributed by atoms with Gasteiger partial charge in [0.1, 0.15) is 0 Å². The Hall–Kier alpha value is -0.0400. The predicted molar refractivity (Wildman–Crippen MR) is 130 cm³/mol. The van der Waals surface area contributed by atoms with Crippen LogP contribution in [0, 0.1) is 52.3 Å². The van der Waals surface area contributed by atoms with Crippen LogP contribution < -0.4 is 0 Å². The zero-order chi connectivity index (χ0) is 22.1. The van der Waals surface area contributed by atoms with Crippen molar-refractivity contribution in [1.82, 2.24) is 0 Å². The molecular formula is C29H54O. The zero-order valence-corrected chi connectivity index (χ0v) is 21.6. The summed E-state index contributed by atoms with van der Waals surface area (Å²) in [7, 11) is 0. The highest BCUT2D eigenvalue weighted by molar-refractivity contribution is 5.09. The number of hydrogen-bond donors (Lipinski definition) is 1. The molecule has 0 bridgehead atoms. The van der Waals surface area contributed by atoms with Crippen molar-refractivity contribution in [3.05, 3.63) is 0 Å². The highest BCUT2D eigenvalue weighted by Gasteiger charge is 2.59. The Kier molecular flexibility index (Phi) is 8.07. The molecular weight excluding hydrogens is 364 g/mol. The van der Waals surface area contributed by atoms with Crippen molar-refractivity contribution in [3.63, 3.8) is 0 Å². The van der Waals surface area contributed by atoms with Crippen LogP contribution in [0.4, 0.5) is 0 Å². The molecule has 4 rings (SSSR count). The number of fused-ring (bicyclic) bond motifs is 5. The van der Waals surface area contributed by atoms with E-state index in [2.05, 4.69) is 34.6 Å². The lowest BCUT2D eigenvalue weighted by atomic mass is 9.44. The number of hydrogen-bond acceptors (Lipinski definition) is 1. The minimum absolute atomic E-state index is 0.00688. The van der Waals surface area contributed by atoms with Gasteiger partial charge in [0.2, 0.25) is 0 Å². The monoisotopic (exact) mass is 418 g/mol. The van der Waals surface area contributed by atoms with Crippen LogP contribution in [0.5, 0.6) is 0 Å². The summed E-state index contributed by atoms with van der Waals surface area (Å²) < 4.78 is 0. The molecule has 9 atom stereocenters. The normalized spacial score (nSPS) is 46.3. The molecule has 0 amide bonds. The summed E-state index contributed by atoms with van der Waals surface area (Å²) in [6, 6.07) is 0. The van der Waals surface area contributed by atoms with Crippen molar-refractivity contribution in [2.45, 2.75) is 132 Å². The molecule has 0 radical (unpaired) electrons. The van der Waals surface area contributed by atoms with Gasteiger partial charge in [-0.05, 0) is 116 Å². The van der Waals surface area contributed by atoms with E-state index in [4.69, 9.17) is 0 Å². The summed E-state index contributed by atoms with van der Waals surface area (Å²) in [6.07, 6.45) is 16.7. The maximum Gasteiger partial charge on any atom is 0.0543 e. The zero-order valence-electron chi connectivity index (χ0n) is 21.6. The summed E-state index contributed by atoms with van der Waals surface area (Å²) in [5.74, 6) is 6.48. The number of aliphatic hydroxyl groups is 1. The first-order valence-corrected chi connectivity index (χ1v) is 13.9. The number of aliphatic hydroxyl groups excluding tert-OH is 1. The van der Waals surface area contributed by atoms with Crippen LogP contribution in [0.1, 0.15) is 126 Å². The van der Waals surface area contributed by atoms with E-state index in [9.17, 15) is 5.11 Å². The average Bonchev–Trinajstić information content (AvgIpc) is 3.06. The predicted octanol–water partition coefficient (Wildman–Crippen LogP) is 8.49. The Morgan fingerprint density at radius 1 is 0.833 bits per heavy atom. The van der Waals surface area contributed by atoms with Gasteiger partial charge in [-0.25, -0.2) is 0 Å². The second kappa shape index (κ2) is 9.84. The second-order valence-electron chi connectivity index (χ2n) is 12.6. The Balaban J connectivity index is 0.00000124. The standard InChI is InChI=1S/C27H48O.C2H6/c1-18(2)19(3)7-6-8-20-10-12-24-23-11-9-21-17-22(28)13-15-27(21,5)25(23)14-16-26(20,24)4;1-2/h18-25,28H,6-17H2,1-5H3;1-2H3. The van der Waals surface area contributed by atoms with E-state index < -0.39 is 0 Å². The molecule has 176 valence electrons. The van der Waals surface area contributed by atoms with Gasteiger partial charge in [-0.2, -0.15) is 0 Å². The van der Waals surface area contributed by atoms with Crippen LogP contribution in [0.15, 0.2) is 0 Å². The molecule has 30 heavy (non-hydrogen) atoms. The topological polar surface area (TPSA) is 20.2 Å². The van der Waals surface area contributed by atoms with E-state index in [1.54, 1.807) is 0 Å². The smallest absolute Gasteiger partial charge is 0.0543 e. The van der Waals surface area contributed by atoms with Crippen LogP contribution in [0.25, 0.3) is 0 Å². The van der Waals surface area contributed by atoms with Gasteiger partial charge < -0.3 is 5.11 Å². The Labute approximate surface area is 189 Å². The lowest BCUT2D eigenvalue weighted by Crippen LogP contribution is -2.53. The molecule has 0 aromatic rings. The van der Waals surface area contributed by atoms with Crippen molar-refractivity contribution < 1.29 is 5.11 Å². The van der Waals surface area contributed by atoms with E-state index in [-0.39, 0.29) is 6.10 Å². The van der Waals surface area contributed by atoms with Gasteiger partial charge in [-0.1, -0.05) is 61.3 Å². The molecule has 1 N–H and O–H groups in total. The Morgan fingerprint density at radius 2 is 1.50 bits per heavy atom. The third-order valence-electron chi connectivity index (χ3n) is 11.2. The fourth-order valence-corrected chi connectivity index (χ4v) is 8.84. The van der Waals surface area contributed by atoms with E-state index >= 15 is 0 Å². The van der Waals surface area contributed by atoms with Crippen molar-refractivity contribution >= 4 is 0 Å². The summed E-state index contributed by atoms with van der Waals surface area (Å²) in [5.41, 5.74) is 1.17. The van der Waals surface area contributed by atoms with Gasteiger partial charge in [-0.15, -0.1) is 0 Å². The lowest BCUT2D eigenvalue weighted by Gasteiger charge is -2.61. The van der Waals surface area contributed by atoms with E-state index in [1.165, 1.54) is 64.2 Å². The van der Waals surface area contributed by atoms with Crippen LogP contribution >= 0.6 is 0 Å². The molecule has 0 aromatic heterocycles. The largest absolute Gasteiger partial charge is 0.393 e. The van der Waals surface area contributed by atoms with Crippen LogP contribution in [-0.2, 0) is 0 Å². The van der Waals surface area contributed by atoms with E-state index in [1.807, 2.05) is 13.8 Å². The first-order valence-electron chi connectivity index (χ1n) is 13.9. The maximum absolute atomic E-state index is 10.2. The molecule has 0 aromatic carbocycles. The molecule has 1 nitrogen and oxygen atoms in total. The van der Waals surface area contributed by atoms with E-state index in [0.717, 1.165) is 54.3 Å². The van der Waals surface area contributed by atoms with Gasteiger partial charge in [0, 0.05) is 0 Å². The van der Waals surface area contributed by atoms with Crippen molar-refractivity contribution in [3.8, 4) is 0 Å². The quantitative estimate of drug-likeness (QED) is 0.474. The SMILES string of the molecule is CC.CC(C)C(C)CCCC1CCC2C3CCC4CC(O)CCC4(C)C3CCC12C. The summed E-state index contributed by atoms with van der Waals surface area (Å²) >= 11 is 0. The fourth-order valence-electron chi connectivity index (χ4n) is 8.84. The molecule has 9 unspecified atom stereocenters. The van der Waals surface area contributed by atoms with Crippen molar-refractivity contribution in [2.75, 3.05) is 0 Å². The fraction of sp³-hybridized carbons (Fsp3) is 1.00. The minimum Gasteiger partial charge on any atom is -0.393 e. The summed E-state index contributed by atoms with van der Waals surface area (Å²) in [5, 5.41) is 10.2. The third kappa shape index (κ3) is 4.40. The Morgan fingerprint density at radius 3 is 2.20 bits per heavy atom. The molecule has 0 saturated heterocycles. The summed E-state index contributed by atoms with van der Waals surface area (Å²) in [4.78, 5) is 0. The lowest BCUT2D eigenvalue weighted by molar-refractivity contribution is -0.127. The Bertz CT molecular complexity index is 540. The summed E-state index contributed by atoms with van der Waals surface area (Å²) in [6.45, 7) is 16.6. The molecule has 1 heteroatoms. The van der Waals surface area contributed by atoms with Gasteiger partial charge >= 0.3 is 0 Å². The van der Waals surface area contributed by atoms with Crippen molar-refractivity contribution in [1.29, 1.82) is 0 Å². The highest BCUT2D eigenvalue weighted by atomic mass is 16.3. The van der Waals surface area contributed by atoms with Crippen LogP contribution in [0.2, 0.25) is 0 Å². The first-order chi connectivity index (χ1) is 14.3. The molecule has 4 saturated carbocycles. The van der Waals surface area contributed by atoms with Gasteiger partial charge in [0.15, 0.2) is 0 Å². The molecule has 0 heterocycles.